The lowest BCUT2D eigenvalue weighted by molar-refractivity contribution is -0.122. The van der Waals surface area contributed by atoms with E-state index in [1.165, 1.54) is 12.1 Å². The maximum atomic E-state index is 13.3. The van der Waals surface area contributed by atoms with Crippen molar-refractivity contribution in [2.24, 2.45) is 0 Å². The molecule has 0 aliphatic rings. The van der Waals surface area contributed by atoms with E-state index in [1.54, 1.807) is 36.4 Å². The van der Waals surface area contributed by atoms with E-state index in [0.29, 0.717) is 10.6 Å². The number of rotatable bonds is 8. The fraction of sp³-hybridized carbons (Fsp3) is 0.174. The van der Waals surface area contributed by atoms with E-state index in [0.717, 1.165) is 14.3 Å². The van der Waals surface area contributed by atoms with Crippen molar-refractivity contribution in [1.29, 1.82) is 0 Å². The van der Waals surface area contributed by atoms with Gasteiger partial charge in [-0.1, -0.05) is 76.1 Å². The Morgan fingerprint density at radius 3 is 2.26 bits per heavy atom. The minimum absolute atomic E-state index is 0.0226. The molecule has 1 N–H and O–H groups in total. The molecule has 0 aliphatic heterocycles. The van der Waals surface area contributed by atoms with Gasteiger partial charge in [0.25, 0.3) is 0 Å². The van der Waals surface area contributed by atoms with Crippen LogP contribution in [0.4, 0.5) is 0 Å². The topological polar surface area (TPSA) is 66.5 Å². The molecule has 8 heteroatoms. The highest BCUT2D eigenvalue weighted by atomic mass is 79.9. The Labute approximate surface area is 196 Å². The van der Waals surface area contributed by atoms with Gasteiger partial charge in [0, 0.05) is 16.0 Å². The van der Waals surface area contributed by atoms with Crippen LogP contribution in [0, 0.1) is 0 Å². The number of hydrogen-bond acceptors (Lipinski definition) is 3. The van der Waals surface area contributed by atoms with Crippen molar-refractivity contribution in [2.45, 2.75) is 24.4 Å². The third kappa shape index (κ3) is 6.17. The van der Waals surface area contributed by atoms with Gasteiger partial charge in [-0.3, -0.25) is 4.79 Å². The van der Waals surface area contributed by atoms with Gasteiger partial charge in [0.15, 0.2) is 0 Å². The van der Waals surface area contributed by atoms with Gasteiger partial charge in [0.2, 0.25) is 15.9 Å². The first kappa shape index (κ1) is 23.5. The van der Waals surface area contributed by atoms with E-state index in [-0.39, 0.29) is 24.0 Å². The molecule has 3 rings (SSSR count). The summed E-state index contributed by atoms with van der Waals surface area (Å²) < 4.78 is 28.6. The maximum Gasteiger partial charge on any atom is 0.243 e. The van der Waals surface area contributed by atoms with E-state index in [2.05, 4.69) is 21.2 Å². The summed E-state index contributed by atoms with van der Waals surface area (Å²) in [6.45, 7) is 1.50. The van der Waals surface area contributed by atoms with Crippen LogP contribution in [0.3, 0.4) is 0 Å². The summed E-state index contributed by atoms with van der Waals surface area (Å²) in [7, 11) is -3.94. The fourth-order valence-corrected chi connectivity index (χ4v) is 4.90. The zero-order valence-electron chi connectivity index (χ0n) is 16.8. The summed E-state index contributed by atoms with van der Waals surface area (Å²) in [5.41, 5.74) is 1.55. The lowest BCUT2D eigenvalue weighted by Crippen LogP contribution is -2.41. The smallest absolute Gasteiger partial charge is 0.243 e. The van der Waals surface area contributed by atoms with Crippen LogP contribution < -0.4 is 5.32 Å². The second-order valence-corrected chi connectivity index (χ2v) is 10.3. The maximum absolute atomic E-state index is 13.3. The highest BCUT2D eigenvalue weighted by Crippen LogP contribution is 2.24. The molecule has 3 aromatic rings. The van der Waals surface area contributed by atoms with Crippen LogP contribution in [0.2, 0.25) is 5.02 Å². The monoisotopic (exact) mass is 520 g/mol. The number of nitrogens with zero attached hydrogens (tertiary/aromatic N) is 1. The SMILES string of the molecule is C[C@H](NC(=O)CN(Cc1ccccc1Cl)S(=O)(=O)c1ccc(Br)cc1)c1ccccc1. The quantitative estimate of drug-likeness (QED) is 0.445. The number of carbonyl (C=O) groups is 1. The Bertz CT molecular complexity index is 1140. The van der Waals surface area contributed by atoms with Crippen molar-refractivity contribution in [3.8, 4) is 0 Å². The second kappa shape index (κ2) is 10.4. The summed E-state index contributed by atoms with van der Waals surface area (Å²) >= 11 is 9.57. The zero-order valence-corrected chi connectivity index (χ0v) is 20.0. The summed E-state index contributed by atoms with van der Waals surface area (Å²) in [6, 6.07) is 22.5. The summed E-state index contributed by atoms with van der Waals surface area (Å²) in [4.78, 5) is 12.9. The normalized spacial score (nSPS) is 12.5. The molecular formula is C23H22BrClN2O3S. The first-order chi connectivity index (χ1) is 14.8. The largest absolute Gasteiger partial charge is 0.348 e. The average molecular weight is 522 g/mol. The van der Waals surface area contributed by atoms with Crippen LogP contribution in [-0.4, -0.2) is 25.2 Å². The molecule has 0 saturated heterocycles. The molecule has 0 spiro atoms. The molecule has 0 aliphatic carbocycles. The number of benzene rings is 3. The molecule has 0 aromatic heterocycles. The van der Waals surface area contributed by atoms with E-state index in [4.69, 9.17) is 11.6 Å². The lowest BCUT2D eigenvalue weighted by atomic mass is 10.1. The van der Waals surface area contributed by atoms with Crippen molar-refractivity contribution in [3.63, 3.8) is 0 Å². The summed E-state index contributed by atoms with van der Waals surface area (Å²) in [5, 5.41) is 3.32. The van der Waals surface area contributed by atoms with E-state index >= 15 is 0 Å². The highest BCUT2D eigenvalue weighted by Gasteiger charge is 2.28. The molecule has 31 heavy (non-hydrogen) atoms. The lowest BCUT2D eigenvalue weighted by Gasteiger charge is -2.23. The van der Waals surface area contributed by atoms with Gasteiger partial charge in [-0.2, -0.15) is 4.31 Å². The van der Waals surface area contributed by atoms with Gasteiger partial charge < -0.3 is 5.32 Å². The Balaban J connectivity index is 1.85. The van der Waals surface area contributed by atoms with Crippen molar-refractivity contribution < 1.29 is 13.2 Å². The third-order valence-corrected chi connectivity index (χ3v) is 7.46. The predicted octanol–water partition coefficient (Wildman–Crippen LogP) is 5.17. The van der Waals surface area contributed by atoms with Crippen molar-refractivity contribution in [2.75, 3.05) is 6.54 Å². The Morgan fingerprint density at radius 2 is 1.61 bits per heavy atom. The Hall–Kier alpha value is -2.19. The Kier molecular flexibility index (Phi) is 7.89. The number of amides is 1. The minimum atomic E-state index is -3.94. The van der Waals surface area contributed by atoms with Gasteiger partial charge in [-0.15, -0.1) is 0 Å². The van der Waals surface area contributed by atoms with E-state index in [9.17, 15) is 13.2 Å². The van der Waals surface area contributed by atoms with Gasteiger partial charge in [-0.25, -0.2) is 8.42 Å². The molecule has 3 aromatic carbocycles. The third-order valence-electron chi connectivity index (χ3n) is 4.75. The van der Waals surface area contributed by atoms with Crippen LogP contribution >= 0.6 is 27.5 Å². The molecule has 1 atom stereocenters. The molecule has 5 nitrogen and oxygen atoms in total. The molecule has 0 radical (unpaired) electrons. The van der Waals surface area contributed by atoms with Crippen LogP contribution in [0.5, 0.6) is 0 Å². The van der Waals surface area contributed by atoms with Gasteiger partial charge >= 0.3 is 0 Å². The first-order valence-electron chi connectivity index (χ1n) is 9.61. The van der Waals surface area contributed by atoms with Crippen LogP contribution in [0.25, 0.3) is 0 Å². The first-order valence-corrected chi connectivity index (χ1v) is 12.2. The predicted molar refractivity (Wildman–Crippen MR) is 126 cm³/mol. The fourth-order valence-electron chi connectivity index (χ4n) is 3.07. The van der Waals surface area contributed by atoms with E-state index in [1.807, 2.05) is 37.3 Å². The molecule has 0 saturated carbocycles. The van der Waals surface area contributed by atoms with Gasteiger partial charge in [-0.05, 0) is 48.4 Å². The standard InChI is InChI=1S/C23H22BrClN2O3S/c1-17(18-7-3-2-4-8-18)26-23(28)16-27(15-19-9-5-6-10-22(19)25)31(29,30)21-13-11-20(24)12-14-21/h2-14,17H,15-16H2,1H3,(H,26,28)/t17-/m0/s1. The molecule has 0 fully saturated rings. The van der Waals surface area contributed by atoms with Crippen LogP contribution in [-0.2, 0) is 21.4 Å². The number of hydrogen-bond donors (Lipinski definition) is 1. The van der Waals surface area contributed by atoms with E-state index < -0.39 is 15.9 Å². The number of nitrogens with one attached hydrogen (secondary N) is 1. The molecule has 1 amide bonds. The Morgan fingerprint density at radius 1 is 1.00 bits per heavy atom. The molecule has 0 unspecified atom stereocenters. The van der Waals surface area contributed by atoms with Gasteiger partial charge in [0.1, 0.15) is 0 Å². The molecular weight excluding hydrogens is 500 g/mol. The number of halogens is 2. The molecule has 162 valence electrons. The molecule has 0 bridgehead atoms. The summed E-state index contributed by atoms with van der Waals surface area (Å²) in [6.07, 6.45) is 0. The molecule has 0 heterocycles. The second-order valence-electron chi connectivity index (χ2n) is 7.02. The van der Waals surface area contributed by atoms with Crippen molar-refractivity contribution >= 4 is 43.5 Å². The minimum Gasteiger partial charge on any atom is -0.348 e. The number of carbonyl (C=O) groups excluding carboxylic acids is 1. The van der Waals surface area contributed by atoms with Crippen LogP contribution in [0.15, 0.2) is 88.2 Å². The number of sulfonamides is 1. The highest BCUT2D eigenvalue weighted by molar-refractivity contribution is 9.10. The average Bonchev–Trinajstić information content (AvgIpc) is 2.75. The zero-order chi connectivity index (χ0) is 22.4. The van der Waals surface area contributed by atoms with Gasteiger partial charge in [0.05, 0.1) is 17.5 Å². The van der Waals surface area contributed by atoms with Crippen LogP contribution in [0.1, 0.15) is 24.1 Å². The van der Waals surface area contributed by atoms with Crippen molar-refractivity contribution in [1.82, 2.24) is 9.62 Å². The van der Waals surface area contributed by atoms with Crippen molar-refractivity contribution in [3.05, 3.63) is 99.5 Å². The summed E-state index contributed by atoms with van der Waals surface area (Å²) in [5.74, 6) is -0.399.